The van der Waals surface area contributed by atoms with Gasteiger partial charge in [0.15, 0.2) is 0 Å². The third-order valence-corrected chi connectivity index (χ3v) is 6.06. The Balaban J connectivity index is 1.55. The number of benzene rings is 2. The SMILES string of the molecule is CS(=O)(=O)NCCOCc1cc(NC2CCOCC2)c2[nH]c(-c3ccccc3)cc2c1. The number of H-pyrrole nitrogens is 1. The van der Waals surface area contributed by atoms with Gasteiger partial charge in [-0.3, -0.25) is 0 Å². The molecule has 3 aromatic rings. The highest BCUT2D eigenvalue weighted by Gasteiger charge is 2.16. The summed E-state index contributed by atoms with van der Waals surface area (Å²) in [5.41, 5.74) is 5.38. The molecule has 1 fully saturated rings. The van der Waals surface area contributed by atoms with Crippen molar-refractivity contribution in [3.05, 3.63) is 54.1 Å². The van der Waals surface area contributed by atoms with Gasteiger partial charge in [-0.1, -0.05) is 30.3 Å². The first-order chi connectivity index (χ1) is 15.0. The molecule has 3 N–H and O–H groups in total. The summed E-state index contributed by atoms with van der Waals surface area (Å²) >= 11 is 0. The third-order valence-electron chi connectivity index (χ3n) is 5.33. The molecule has 1 saturated heterocycles. The van der Waals surface area contributed by atoms with Gasteiger partial charge in [0.25, 0.3) is 0 Å². The third kappa shape index (κ3) is 6.07. The van der Waals surface area contributed by atoms with Gasteiger partial charge in [0.1, 0.15) is 0 Å². The maximum absolute atomic E-state index is 11.2. The van der Waals surface area contributed by atoms with Crippen LogP contribution in [-0.2, 0) is 26.1 Å². The summed E-state index contributed by atoms with van der Waals surface area (Å²) in [5.74, 6) is 0. The molecule has 7 nitrogen and oxygen atoms in total. The van der Waals surface area contributed by atoms with Crippen LogP contribution in [0.15, 0.2) is 48.5 Å². The van der Waals surface area contributed by atoms with Crippen LogP contribution in [0.25, 0.3) is 22.2 Å². The molecular weight excluding hydrogens is 414 g/mol. The van der Waals surface area contributed by atoms with Crippen LogP contribution in [0.4, 0.5) is 5.69 Å². The van der Waals surface area contributed by atoms with E-state index in [1.54, 1.807) is 0 Å². The van der Waals surface area contributed by atoms with Crippen molar-refractivity contribution in [2.45, 2.75) is 25.5 Å². The van der Waals surface area contributed by atoms with Gasteiger partial charge < -0.3 is 19.8 Å². The summed E-state index contributed by atoms with van der Waals surface area (Å²) in [5, 5.41) is 4.81. The molecule has 31 heavy (non-hydrogen) atoms. The van der Waals surface area contributed by atoms with Crippen molar-refractivity contribution in [3.8, 4) is 11.3 Å². The Kier molecular flexibility index (Phi) is 6.92. The van der Waals surface area contributed by atoms with Gasteiger partial charge in [0.05, 0.1) is 30.7 Å². The largest absolute Gasteiger partial charge is 0.381 e. The van der Waals surface area contributed by atoms with E-state index < -0.39 is 10.0 Å². The fourth-order valence-electron chi connectivity index (χ4n) is 3.83. The highest BCUT2D eigenvalue weighted by molar-refractivity contribution is 7.88. The number of fused-ring (bicyclic) bond motifs is 1. The zero-order valence-corrected chi connectivity index (χ0v) is 18.5. The number of ether oxygens (including phenoxy) is 2. The molecule has 0 aliphatic carbocycles. The van der Waals surface area contributed by atoms with Crippen LogP contribution >= 0.6 is 0 Å². The highest BCUT2D eigenvalue weighted by atomic mass is 32.2. The first kappa shape index (κ1) is 21.8. The minimum Gasteiger partial charge on any atom is -0.381 e. The summed E-state index contributed by atoms with van der Waals surface area (Å²) in [4.78, 5) is 3.58. The fourth-order valence-corrected chi connectivity index (χ4v) is 4.28. The number of hydrogen-bond donors (Lipinski definition) is 3. The molecule has 2 heterocycles. The van der Waals surface area contributed by atoms with Gasteiger partial charge >= 0.3 is 0 Å². The smallest absolute Gasteiger partial charge is 0.208 e. The minimum absolute atomic E-state index is 0.260. The van der Waals surface area contributed by atoms with Crippen LogP contribution in [0.5, 0.6) is 0 Å². The summed E-state index contributed by atoms with van der Waals surface area (Å²) in [6.45, 7) is 2.54. The first-order valence-electron chi connectivity index (χ1n) is 10.6. The summed E-state index contributed by atoms with van der Waals surface area (Å²) in [7, 11) is -3.20. The number of anilines is 1. The van der Waals surface area contributed by atoms with Crippen molar-refractivity contribution in [3.63, 3.8) is 0 Å². The zero-order valence-electron chi connectivity index (χ0n) is 17.7. The number of nitrogens with one attached hydrogen (secondary N) is 3. The van der Waals surface area contributed by atoms with Gasteiger partial charge in [0, 0.05) is 36.9 Å². The van der Waals surface area contributed by atoms with E-state index in [4.69, 9.17) is 9.47 Å². The van der Waals surface area contributed by atoms with Gasteiger partial charge in [-0.15, -0.1) is 0 Å². The van der Waals surface area contributed by atoms with Crippen LogP contribution in [0.3, 0.4) is 0 Å². The zero-order chi connectivity index (χ0) is 21.7. The van der Waals surface area contributed by atoms with Crippen molar-refractivity contribution < 1.29 is 17.9 Å². The van der Waals surface area contributed by atoms with E-state index in [-0.39, 0.29) is 6.54 Å². The Morgan fingerprint density at radius 3 is 2.65 bits per heavy atom. The molecular formula is C23H29N3O4S. The lowest BCUT2D eigenvalue weighted by atomic mass is 10.1. The normalized spacial score (nSPS) is 15.4. The molecule has 0 saturated carbocycles. The van der Waals surface area contributed by atoms with Crippen molar-refractivity contribution in [1.82, 2.24) is 9.71 Å². The van der Waals surface area contributed by atoms with E-state index in [2.05, 4.69) is 45.4 Å². The molecule has 0 bridgehead atoms. The van der Waals surface area contributed by atoms with Crippen LogP contribution < -0.4 is 10.0 Å². The van der Waals surface area contributed by atoms with Crippen LogP contribution in [0.2, 0.25) is 0 Å². The number of aromatic nitrogens is 1. The standard InChI is InChI=1S/C23H29N3O4S/c1-31(27,28)24-9-12-30-16-17-13-19-15-21(18-5-3-2-4-6-18)26-23(19)22(14-17)25-20-7-10-29-11-8-20/h2-6,13-15,20,24-26H,7-12,16H2,1H3. The predicted molar refractivity (Wildman–Crippen MR) is 124 cm³/mol. The predicted octanol–water partition coefficient (Wildman–Crippen LogP) is 3.49. The lowest BCUT2D eigenvalue weighted by Gasteiger charge is -2.24. The van der Waals surface area contributed by atoms with E-state index in [1.807, 2.05) is 18.2 Å². The van der Waals surface area contributed by atoms with Gasteiger partial charge in [-0.05, 0) is 42.2 Å². The van der Waals surface area contributed by atoms with Crippen molar-refractivity contribution in [1.29, 1.82) is 0 Å². The Bertz CT molecular complexity index is 1110. The number of hydrogen-bond acceptors (Lipinski definition) is 5. The molecule has 1 aromatic heterocycles. The number of aromatic amines is 1. The Morgan fingerprint density at radius 1 is 1.13 bits per heavy atom. The van der Waals surface area contributed by atoms with Gasteiger partial charge in [-0.2, -0.15) is 0 Å². The second-order valence-corrected chi connectivity index (χ2v) is 9.74. The summed E-state index contributed by atoms with van der Waals surface area (Å²) in [6.07, 6.45) is 3.10. The second kappa shape index (κ2) is 9.82. The maximum atomic E-state index is 11.2. The van der Waals surface area contributed by atoms with E-state index in [9.17, 15) is 8.42 Å². The Hall–Kier alpha value is -2.39. The fraction of sp³-hybridized carbons (Fsp3) is 0.391. The number of sulfonamides is 1. The van der Waals surface area contributed by atoms with Crippen LogP contribution in [0.1, 0.15) is 18.4 Å². The molecule has 0 radical (unpaired) electrons. The Morgan fingerprint density at radius 2 is 1.90 bits per heavy atom. The Labute approximate surface area is 183 Å². The molecule has 2 aromatic carbocycles. The lowest BCUT2D eigenvalue weighted by Crippen LogP contribution is -2.28. The topological polar surface area (TPSA) is 92.5 Å². The number of rotatable bonds is 9. The van der Waals surface area contributed by atoms with Crippen LogP contribution in [-0.4, -0.2) is 52.1 Å². The monoisotopic (exact) mass is 443 g/mol. The van der Waals surface area contributed by atoms with E-state index >= 15 is 0 Å². The summed E-state index contributed by atoms with van der Waals surface area (Å²) in [6, 6.07) is 17.0. The molecule has 1 aliphatic rings. The quantitative estimate of drug-likeness (QED) is 0.440. The average molecular weight is 444 g/mol. The van der Waals surface area contributed by atoms with E-state index in [1.165, 1.54) is 0 Å². The van der Waals surface area contributed by atoms with E-state index in [0.717, 1.165) is 65.7 Å². The molecule has 4 rings (SSSR count). The van der Waals surface area contributed by atoms with Crippen molar-refractivity contribution in [2.75, 3.05) is 37.9 Å². The minimum atomic E-state index is -3.20. The van der Waals surface area contributed by atoms with E-state index in [0.29, 0.717) is 19.3 Å². The molecule has 166 valence electrons. The molecule has 8 heteroatoms. The first-order valence-corrected chi connectivity index (χ1v) is 12.4. The van der Waals surface area contributed by atoms with Gasteiger partial charge in [-0.25, -0.2) is 13.1 Å². The lowest BCUT2D eigenvalue weighted by molar-refractivity contribution is 0.0904. The molecule has 0 atom stereocenters. The highest BCUT2D eigenvalue weighted by Crippen LogP contribution is 2.31. The van der Waals surface area contributed by atoms with Crippen LogP contribution in [0, 0.1) is 0 Å². The average Bonchev–Trinajstić information content (AvgIpc) is 3.19. The molecule has 0 unspecified atom stereocenters. The summed E-state index contributed by atoms with van der Waals surface area (Å²) < 4.78 is 36.0. The molecule has 0 spiro atoms. The van der Waals surface area contributed by atoms with Crippen molar-refractivity contribution in [2.24, 2.45) is 0 Å². The maximum Gasteiger partial charge on any atom is 0.208 e. The van der Waals surface area contributed by atoms with Crippen molar-refractivity contribution >= 4 is 26.6 Å². The molecule has 0 amide bonds. The van der Waals surface area contributed by atoms with Gasteiger partial charge in [0.2, 0.25) is 10.0 Å². The second-order valence-electron chi connectivity index (χ2n) is 7.91. The molecule has 1 aliphatic heterocycles.